The van der Waals surface area contributed by atoms with E-state index in [1.165, 1.54) is 0 Å². The van der Waals surface area contributed by atoms with Gasteiger partial charge in [0.15, 0.2) is 0 Å². The third-order valence-electron chi connectivity index (χ3n) is 5.79. The Morgan fingerprint density at radius 2 is 2.00 bits per heavy atom. The number of hydrogen-bond donors (Lipinski definition) is 2. The highest BCUT2D eigenvalue weighted by molar-refractivity contribution is 5.99. The van der Waals surface area contributed by atoms with Crippen LogP contribution in [-0.2, 0) is 9.59 Å². The average molecular weight is 355 g/mol. The van der Waals surface area contributed by atoms with Gasteiger partial charge >= 0.3 is 0 Å². The van der Waals surface area contributed by atoms with Gasteiger partial charge in [-0.15, -0.1) is 0 Å². The lowest BCUT2D eigenvalue weighted by Gasteiger charge is -2.42. The second kappa shape index (κ2) is 6.67. The third kappa shape index (κ3) is 2.64. The number of carbonyl (C=O) groups is 2. The number of nitrogens with zero attached hydrogens (tertiary/aromatic N) is 1. The summed E-state index contributed by atoms with van der Waals surface area (Å²) in [4.78, 5) is 27.4. The average Bonchev–Trinajstić information content (AvgIpc) is 2.92. The van der Waals surface area contributed by atoms with Gasteiger partial charge in [-0.2, -0.15) is 0 Å². The monoisotopic (exact) mass is 355 g/mol. The van der Waals surface area contributed by atoms with Crippen molar-refractivity contribution in [2.45, 2.75) is 50.7 Å². The van der Waals surface area contributed by atoms with Gasteiger partial charge in [0.1, 0.15) is 5.75 Å². The van der Waals surface area contributed by atoms with Gasteiger partial charge in [-0.05, 0) is 18.9 Å². The molecule has 0 spiro atoms. The molecule has 6 nitrogen and oxygen atoms in total. The molecule has 0 radical (unpaired) electrons. The first kappa shape index (κ1) is 16.9. The maximum absolute atomic E-state index is 12.8. The molecule has 3 unspecified atom stereocenters. The predicted octanol–water partition coefficient (Wildman–Crippen LogP) is 1.88. The summed E-state index contributed by atoms with van der Waals surface area (Å²) < 4.78 is 5.57. The Bertz CT molecular complexity index is 773. The molecule has 3 atom stereocenters. The van der Waals surface area contributed by atoms with Gasteiger partial charge < -0.3 is 20.3 Å². The molecule has 3 aliphatic rings. The number of methoxy groups -OCH3 is 1. The van der Waals surface area contributed by atoms with Crippen LogP contribution in [0, 0.1) is 0 Å². The van der Waals surface area contributed by atoms with Crippen molar-refractivity contribution in [3.05, 3.63) is 41.1 Å². The van der Waals surface area contributed by atoms with Gasteiger partial charge in [-0.1, -0.05) is 31.0 Å². The summed E-state index contributed by atoms with van der Waals surface area (Å²) in [5, 5.41) is 6.52. The summed E-state index contributed by atoms with van der Waals surface area (Å²) in [6.07, 6.45) is 4.20. The number of carbonyl (C=O) groups excluding carboxylic acids is 2. The number of benzene rings is 1. The minimum atomic E-state index is -0.429. The Kier molecular flexibility index (Phi) is 4.34. The van der Waals surface area contributed by atoms with Crippen LogP contribution in [0.4, 0.5) is 0 Å². The molecule has 0 aromatic heterocycles. The molecule has 138 valence electrons. The third-order valence-corrected chi connectivity index (χ3v) is 5.79. The number of amides is 2. The molecule has 2 aliphatic heterocycles. The van der Waals surface area contributed by atoms with E-state index in [9.17, 15) is 9.59 Å². The van der Waals surface area contributed by atoms with E-state index < -0.39 is 6.04 Å². The van der Waals surface area contributed by atoms with Crippen molar-refractivity contribution < 1.29 is 14.3 Å². The fraction of sp³-hybridized carbons (Fsp3) is 0.500. The topological polar surface area (TPSA) is 70.7 Å². The summed E-state index contributed by atoms with van der Waals surface area (Å²) in [6, 6.07) is 7.51. The smallest absolute Gasteiger partial charge is 0.251 e. The summed E-state index contributed by atoms with van der Waals surface area (Å²) >= 11 is 0. The quantitative estimate of drug-likeness (QED) is 0.850. The van der Waals surface area contributed by atoms with E-state index in [0.717, 1.165) is 36.9 Å². The van der Waals surface area contributed by atoms with Crippen molar-refractivity contribution in [3.63, 3.8) is 0 Å². The van der Waals surface area contributed by atoms with E-state index in [1.54, 1.807) is 14.0 Å². The Balaban J connectivity index is 1.91. The van der Waals surface area contributed by atoms with Crippen molar-refractivity contribution in [2.24, 2.45) is 0 Å². The summed E-state index contributed by atoms with van der Waals surface area (Å²) in [7, 11) is 1.62. The van der Waals surface area contributed by atoms with Crippen LogP contribution in [0.2, 0.25) is 0 Å². The zero-order valence-corrected chi connectivity index (χ0v) is 15.2. The molecular weight excluding hydrogens is 330 g/mol. The minimum Gasteiger partial charge on any atom is -0.496 e. The summed E-state index contributed by atoms with van der Waals surface area (Å²) in [6.45, 7) is 2.10. The molecule has 6 heteroatoms. The van der Waals surface area contributed by atoms with E-state index in [1.807, 2.05) is 29.2 Å². The predicted molar refractivity (Wildman–Crippen MR) is 97.5 cm³/mol. The van der Waals surface area contributed by atoms with Gasteiger partial charge in [0.2, 0.25) is 5.91 Å². The van der Waals surface area contributed by atoms with E-state index in [-0.39, 0.29) is 23.9 Å². The lowest BCUT2D eigenvalue weighted by atomic mass is 9.87. The number of nitrogens with one attached hydrogen (secondary N) is 2. The summed E-state index contributed by atoms with van der Waals surface area (Å²) in [5.41, 5.74) is 2.44. The molecule has 0 saturated heterocycles. The van der Waals surface area contributed by atoms with Crippen LogP contribution in [0.15, 0.2) is 35.5 Å². The van der Waals surface area contributed by atoms with Crippen LogP contribution in [0.1, 0.15) is 44.2 Å². The first-order valence-corrected chi connectivity index (χ1v) is 9.31. The second-order valence-corrected chi connectivity index (χ2v) is 7.25. The van der Waals surface area contributed by atoms with Crippen LogP contribution in [-0.4, -0.2) is 42.5 Å². The molecule has 2 amide bonds. The zero-order valence-electron chi connectivity index (χ0n) is 15.2. The number of ether oxygens (including phenoxy) is 1. The van der Waals surface area contributed by atoms with E-state index >= 15 is 0 Å². The van der Waals surface area contributed by atoms with Crippen molar-refractivity contribution in [3.8, 4) is 5.75 Å². The van der Waals surface area contributed by atoms with Crippen LogP contribution >= 0.6 is 0 Å². The van der Waals surface area contributed by atoms with Crippen LogP contribution < -0.4 is 15.4 Å². The molecule has 4 rings (SSSR count). The van der Waals surface area contributed by atoms with Gasteiger partial charge in [0.25, 0.3) is 5.91 Å². The van der Waals surface area contributed by atoms with Gasteiger partial charge in [-0.25, -0.2) is 0 Å². The number of rotatable bonds is 2. The molecule has 1 aromatic rings. The van der Waals surface area contributed by atoms with Crippen molar-refractivity contribution in [2.75, 3.05) is 13.7 Å². The maximum atomic E-state index is 12.8. The fourth-order valence-electron chi connectivity index (χ4n) is 4.69. The van der Waals surface area contributed by atoms with Gasteiger partial charge in [0.05, 0.1) is 31.3 Å². The SMILES string of the molecule is COc1ccccc1C1C2=C(CNC2=O)NC2CCCCC2N1C(C)=O. The first-order valence-electron chi connectivity index (χ1n) is 9.31. The molecule has 2 heterocycles. The normalized spacial score (nSPS) is 27.8. The van der Waals surface area contributed by atoms with Crippen LogP contribution in [0.5, 0.6) is 5.75 Å². The fourth-order valence-corrected chi connectivity index (χ4v) is 4.69. The van der Waals surface area contributed by atoms with Gasteiger partial charge in [0, 0.05) is 24.2 Å². The van der Waals surface area contributed by atoms with Crippen molar-refractivity contribution in [1.82, 2.24) is 15.5 Å². The largest absolute Gasteiger partial charge is 0.496 e. The molecule has 1 fully saturated rings. The van der Waals surface area contributed by atoms with Crippen molar-refractivity contribution >= 4 is 11.8 Å². The Morgan fingerprint density at radius 1 is 1.23 bits per heavy atom. The first-order chi connectivity index (χ1) is 12.6. The zero-order chi connectivity index (χ0) is 18.3. The summed E-state index contributed by atoms with van der Waals surface area (Å²) in [5.74, 6) is 0.589. The molecule has 1 aliphatic carbocycles. The number of fused-ring (bicyclic) bond motifs is 1. The highest BCUT2D eigenvalue weighted by atomic mass is 16.5. The number of hydrogen-bond acceptors (Lipinski definition) is 4. The standard InChI is InChI=1S/C20H25N3O3/c1-12(24)23-16-9-5-4-8-14(16)22-15-11-21-20(25)18(15)19(23)13-7-3-6-10-17(13)26-2/h3,6-7,10,14,16,19,22H,4-5,8-9,11H2,1-2H3,(H,21,25). The lowest BCUT2D eigenvalue weighted by molar-refractivity contribution is -0.134. The molecule has 26 heavy (non-hydrogen) atoms. The van der Waals surface area contributed by atoms with Gasteiger partial charge in [-0.3, -0.25) is 9.59 Å². The Morgan fingerprint density at radius 3 is 2.77 bits per heavy atom. The second-order valence-electron chi connectivity index (χ2n) is 7.25. The van der Waals surface area contributed by atoms with Crippen molar-refractivity contribution in [1.29, 1.82) is 0 Å². The molecular formula is C20H25N3O3. The Labute approximate surface area is 153 Å². The minimum absolute atomic E-state index is 0.00643. The molecule has 2 N–H and O–H groups in total. The molecule has 1 saturated carbocycles. The highest BCUT2D eigenvalue weighted by Crippen LogP contribution is 2.42. The van der Waals surface area contributed by atoms with E-state index in [2.05, 4.69) is 10.6 Å². The lowest BCUT2D eigenvalue weighted by Crippen LogP contribution is -2.53. The molecule has 0 bridgehead atoms. The van der Waals surface area contributed by atoms with E-state index in [0.29, 0.717) is 17.9 Å². The number of para-hydroxylation sites is 1. The maximum Gasteiger partial charge on any atom is 0.251 e. The molecule has 1 aromatic carbocycles. The van der Waals surface area contributed by atoms with Crippen LogP contribution in [0.25, 0.3) is 0 Å². The van der Waals surface area contributed by atoms with E-state index in [4.69, 9.17) is 4.74 Å². The van der Waals surface area contributed by atoms with Crippen LogP contribution in [0.3, 0.4) is 0 Å². The highest BCUT2D eigenvalue weighted by Gasteiger charge is 2.46. The Hall–Kier alpha value is -2.50.